The molecule has 5 heteroatoms. The fourth-order valence-corrected chi connectivity index (χ4v) is 3.32. The number of pyridine rings is 1. The summed E-state index contributed by atoms with van der Waals surface area (Å²) in [7, 11) is 0. The van der Waals surface area contributed by atoms with Crippen molar-refractivity contribution in [1.82, 2.24) is 9.88 Å². The molecule has 3 rings (SSSR count). The Kier molecular flexibility index (Phi) is 5.52. The van der Waals surface area contributed by atoms with E-state index in [9.17, 15) is 4.79 Å². The molecule has 1 aromatic carbocycles. The predicted molar refractivity (Wildman–Crippen MR) is 102 cm³/mol. The fourth-order valence-electron chi connectivity index (χ4n) is 3.32. The molecule has 2 aromatic rings. The van der Waals surface area contributed by atoms with Gasteiger partial charge in [0, 0.05) is 26.2 Å². The largest absolute Gasteiger partial charge is 0.355 e. The van der Waals surface area contributed by atoms with Crippen molar-refractivity contribution in [1.29, 1.82) is 5.26 Å². The van der Waals surface area contributed by atoms with Crippen LogP contribution >= 0.6 is 0 Å². The monoisotopic (exact) mass is 348 g/mol. The Morgan fingerprint density at radius 1 is 1.15 bits per heavy atom. The number of aromatic nitrogens is 1. The van der Waals surface area contributed by atoms with E-state index in [1.165, 1.54) is 5.56 Å². The summed E-state index contributed by atoms with van der Waals surface area (Å²) in [6.07, 6.45) is 1.35. The van der Waals surface area contributed by atoms with E-state index in [1.807, 2.05) is 17.0 Å². The second-order valence-corrected chi connectivity index (χ2v) is 6.82. The van der Waals surface area contributed by atoms with E-state index in [1.54, 1.807) is 6.07 Å². The van der Waals surface area contributed by atoms with E-state index in [-0.39, 0.29) is 5.91 Å². The first-order valence-electron chi connectivity index (χ1n) is 9.03. The van der Waals surface area contributed by atoms with E-state index in [0.29, 0.717) is 18.7 Å². The van der Waals surface area contributed by atoms with Crippen molar-refractivity contribution in [2.75, 3.05) is 31.1 Å². The zero-order chi connectivity index (χ0) is 18.5. The molecule has 0 bridgehead atoms. The molecule has 0 saturated carbocycles. The number of benzene rings is 1. The number of hydrogen-bond donors (Lipinski definition) is 0. The SMILES string of the molecule is Cc1ccc(C)c(CC(=O)N2CCCN(c3cccc(C#N)n3)CC2)c1. The summed E-state index contributed by atoms with van der Waals surface area (Å²) in [5, 5.41) is 9.03. The maximum Gasteiger partial charge on any atom is 0.227 e. The molecule has 0 radical (unpaired) electrons. The smallest absolute Gasteiger partial charge is 0.227 e. The van der Waals surface area contributed by atoms with Gasteiger partial charge in [-0.1, -0.05) is 29.8 Å². The lowest BCUT2D eigenvalue weighted by Crippen LogP contribution is -2.36. The second-order valence-electron chi connectivity index (χ2n) is 6.82. The molecule has 1 aliphatic heterocycles. The summed E-state index contributed by atoms with van der Waals surface area (Å²) >= 11 is 0. The molecule has 1 aromatic heterocycles. The van der Waals surface area contributed by atoms with Crippen LogP contribution in [-0.2, 0) is 11.2 Å². The summed E-state index contributed by atoms with van der Waals surface area (Å²) < 4.78 is 0. The number of rotatable bonds is 3. The lowest BCUT2D eigenvalue weighted by Gasteiger charge is -2.23. The third-order valence-corrected chi connectivity index (χ3v) is 4.87. The summed E-state index contributed by atoms with van der Waals surface area (Å²) in [4.78, 5) is 21.3. The molecule has 5 nitrogen and oxygen atoms in total. The molecule has 2 heterocycles. The molecule has 26 heavy (non-hydrogen) atoms. The van der Waals surface area contributed by atoms with Gasteiger partial charge in [0.05, 0.1) is 6.42 Å². The number of nitriles is 1. The highest BCUT2D eigenvalue weighted by Crippen LogP contribution is 2.16. The lowest BCUT2D eigenvalue weighted by molar-refractivity contribution is -0.130. The Labute approximate surface area is 154 Å². The van der Waals surface area contributed by atoms with Crippen LogP contribution in [0.2, 0.25) is 0 Å². The maximum atomic E-state index is 12.8. The Morgan fingerprint density at radius 3 is 2.81 bits per heavy atom. The van der Waals surface area contributed by atoms with E-state index >= 15 is 0 Å². The van der Waals surface area contributed by atoms with Crippen LogP contribution in [0.4, 0.5) is 5.82 Å². The molecule has 1 aliphatic rings. The Bertz CT molecular complexity index is 840. The zero-order valence-electron chi connectivity index (χ0n) is 15.4. The maximum absolute atomic E-state index is 12.8. The number of nitrogens with zero attached hydrogens (tertiary/aromatic N) is 4. The summed E-state index contributed by atoms with van der Waals surface area (Å²) in [6.45, 7) is 7.13. The van der Waals surface area contributed by atoms with Crippen molar-refractivity contribution in [3.63, 3.8) is 0 Å². The Hall–Kier alpha value is -2.87. The minimum atomic E-state index is 0.180. The number of amides is 1. The second kappa shape index (κ2) is 8.01. The Balaban J connectivity index is 1.65. The van der Waals surface area contributed by atoms with Crippen LogP contribution in [0.1, 0.15) is 28.8 Å². The zero-order valence-corrected chi connectivity index (χ0v) is 15.4. The van der Waals surface area contributed by atoms with Gasteiger partial charge in [-0.15, -0.1) is 0 Å². The van der Waals surface area contributed by atoms with Crippen LogP contribution in [0.15, 0.2) is 36.4 Å². The molecule has 1 fully saturated rings. The molecule has 0 aliphatic carbocycles. The standard InChI is InChI=1S/C21H24N4O/c1-16-7-8-17(2)18(13-16)14-21(26)25-10-4-9-24(11-12-25)20-6-3-5-19(15-22)23-20/h3,5-8,13H,4,9-12,14H2,1-2H3. The van der Waals surface area contributed by atoms with E-state index in [4.69, 9.17) is 5.26 Å². The molecule has 1 saturated heterocycles. The first kappa shape index (κ1) is 17.9. The number of aryl methyl sites for hydroxylation is 2. The van der Waals surface area contributed by atoms with E-state index in [0.717, 1.165) is 43.0 Å². The van der Waals surface area contributed by atoms with Crippen LogP contribution in [-0.4, -0.2) is 42.0 Å². The van der Waals surface area contributed by atoms with Crippen molar-refractivity contribution < 1.29 is 4.79 Å². The normalized spacial score (nSPS) is 14.7. The average Bonchev–Trinajstić information content (AvgIpc) is 2.91. The van der Waals surface area contributed by atoms with E-state index in [2.05, 4.69) is 48.0 Å². The molecule has 1 amide bonds. The van der Waals surface area contributed by atoms with Gasteiger partial charge in [0.2, 0.25) is 5.91 Å². The third-order valence-electron chi connectivity index (χ3n) is 4.87. The molecule has 0 N–H and O–H groups in total. The number of carbonyl (C=O) groups is 1. The van der Waals surface area contributed by atoms with Crippen molar-refractivity contribution >= 4 is 11.7 Å². The first-order valence-corrected chi connectivity index (χ1v) is 9.03. The first-order chi connectivity index (χ1) is 12.6. The molecular weight excluding hydrogens is 324 g/mol. The van der Waals surface area contributed by atoms with E-state index < -0.39 is 0 Å². The fraction of sp³-hybridized carbons (Fsp3) is 0.381. The highest BCUT2D eigenvalue weighted by atomic mass is 16.2. The van der Waals surface area contributed by atoms with Gasteiger partial charge in [-0.2, -0.15) is 5.26 Å². The topological polar surface area (TPSA) is 60.2 Å². The molecule has 0 atom stereocenters. The van der Waals surface area contributed by atoms with Gasteiger partial charge in [0.25, 0.3) is 0 Å². The lowest BCUT2D eigenvalue weighted by atomic mass is 10.0. The highest BCUT2D eigenvalue weighted by Gasteiger charge is 2.20. The minimum Gasteiger partial charge on any atom is -0.355 e. The van der Waals surface area contributed by atoms with Crippen LogP contribution < -0.4 is 4.90 Å². The van der Waals surface area contributed by atoms with Crippen molar-refractivity contribution in [3.05, 3.63) is 58.8 Å². The number of anilines is 1. The van der Waals surface area contributed by atoms with Crippen molar-refractivity contribution in [2.24, 2.45) is 0 Å². The van der Waals surface area contributed by atoms with Crippen LogP contribution in [0.5, 0.6) is 0 Å². The summed E-state index contributed by atoms with van der Waals surface area (Å²) in [6, 6.07) is 13.8. The summed E-state index contributed by atoms with van der Waals surface area (Å²) in [5.41, 5.74) is 3.89. The minimum absolute atomic E-state index is 0.180. The van der Waals surface area contributed by atoms with Crippen LogP contribution in [0.25, 0.3) is 0 Å². The van der Waals surface area contributed by atoms with Gasteiger partial charge in [-0.25, -0.2) is 4.98 Å². The van der Waals surface area contributed by atoms with Gasteiger partial charge in [-0.05, 0) is 43.5 Å². The van der Waals surface area contributed by atoms with Crippen molar-refractivity contribution in [2.45, 2.75) is 26.7 Å². The third kappa shape index (κ3) is 4.20. The number of carbonyl (C=O) groups excluding carboxylic acids is 1. The van der Waals surface area contributed by atoms with Gasteiger partial charge in [0.15, 0.2) is 0 Å². The van der Waals surface area contributed by atoms with Crippen molar-refractivity contribution in [3.8, 4) is 6.07 Å². The van der Waals surface area contributed by atoms with Crippen LogP contribution in [0.3, 0.4) is 0 Å². The molecular formula is C21H24N4O. The molecule has 134 valence electrons. The Morgan fingerprint density at radius 2 is 2.00 bits per heavy atom. The molecule has 0 unspecified atom stereocenters. The highest BCUT2D eigenvalue weighted by molar-refractivity contribution is 5.79. The average molecular weight is 348 g/mol. The quantitative estimate of drug-likeness (QED) is 0.856. The number of hydrogen-bond acceptors (Lipinski definition) is 4. The van der Waals surface area contributed by atoms with Gasteiger partial charge >= 0.3 is 0 Å². The summed E-state index contributed by atoms with van der Waals surface area (Å²) in [5.74, 6) is 0.993. The van der Waals surface area contributed by atoms with Gasteiger partial charge in [0.1, 0.15) is 17.6 Å². The van der Waals surface area contributed by atoms with Gasteiger partial charge < -0.3 is 9.80 Å². The van der Waals surface area contributed by atoms with Crippen LogP contribution in [0, 0.1) is 25.2 Å². The molecule has 0 spiro atoms. The van der Waals surface area contributed by atoms with Gasteiger partial charge in [-0.3, -0.25) is 4.79 Å². The predicted octanol–water partition coefficient (Wildman–Crippen LogP) is 2.85.